The smallest absolute Gasteiger partial charge is 0.312 e. The van der Waals surface area contributed by atoms with Crippen molar-refractivity contribution in [2.45, 2.75) is 25.7 Å². The summed E-state index contributed by atoms with van der Waals surface area (Å²) < 4.78 is 14.8. The Morgan fingerprint density at radius 2 is 1.96 bits per heavy atom. The van der Waals surface area contributed by atoms with Crippen molar-refractivity contribution in [2.75, 3.05) is 6.54 Å². The zero-order valence-corrected chi connectivity index (χ0v) is 16.0. The molecule has 0 bridgehead atoms. The molecule has 1 amide bonds. The Kier molecular flexibility index (Phi) is 5.27. The van der Waals surface area contributed by atoms with Gasteiger partial charge in [0.25, 0.3) is 5.91 Å². The average Bonchev–Trinajstić information content (AvgIpc) is 3.17. The van der Waals surface area contributed by atoms with E-state index in [9.17, 15) is 19.1 Å². The van der Waals surface area contributed by atoms with E-state index in [1.165, 1.54) is 35.6 Å². The first-order valence-corrected chi connectivity index (χ1v) is 9.32. The first-order chi connectivity index (χ1) is 12.8. The number of thiophene rings is 1. The van der Waals surface area contributed by atoms with Crippen LogP contribution in [0.25, 0.3) is 10.2 Å². The van der Waals surface area contributed by atoms with Crippen molar-refractivity contribution in [1.29, 1.82) is 0 Å². The number of carbonyl (C=O) groups is 2. The molecule has 0 spiro atoms. The number of benzene rings is 1. The van der Waals surface area contributed by atoms with Gasteiger partial charge in [-0.2, -0.15) is 5.10 Å². The van der Waals surface area contributed by atoms with E-state index in [4.69, 9.17) is 0 Å². The first-order valence-electron chi connectivity index (χ1n) is 8.50. The number of carboxylic acid groups (broad SMARTS) is 1. The summed E-state index contributed by atoms with van der Waals surface area (Å²) in [5.74, 6) is -2.57. The number of nitrogens with zero attached hydrogens (tertiary/aromatic N) is 2. The summed E-state index contributed by atoms with van der Waals surface area (Å²) >= 11 is 1.32. The highest BCUT2D eigenvalue weighted by Crippen LogP contribution is 2.31. The molecule has 2 aromatic heterocycles. The maximum Gasteiger partial charge on any atom is 0.312 e. The van der Waals surface area contributed by atoms with E-state index in [-0.39, 0.29) is 18.4 Å². The number of hydrogen-bond donors (Lipinski definition) is 2. The number of carbonyl (C=O) groups excluding carboxylic acids is 1. The number of aryl methyl sites for hydroxylation is 1. The molecule has 1 atom stereocenters. The predicted molar refractivity (Wildman–Crippen MR) is 102 cm³/mol. The third-order valence-corrected chi connectivity index (χ3v) is 5.55. The summed E-state index contributed by atoms with van der Waals surface area (Å²) in [6.45, 7) is 4.00. The van der Waals surface area contributed by atoms with Crippen LogP contribution in [0.1, 0.15) is 46.6 Å². The molecule has 0 saturated carbocycles. The molecule has 0 saturated heterocycles. The van der Waals surface area contributed by atoms with Crippen molar-refractivity contribution >= 4 is 33.4 Å². The molecule has 3 rings (SSSR count). The quantitative estimate of drug-likeness (QED) is 0.676. The maximum atomic E-state index is 13.1. The third-order valence-electron chi connectivity index (χ3n) is 4.35. The Morgan fingerprint density at radius 3 is 2.56 bits per heavy atom. The second-order valence-electron chi connectivity index (χ2n) is 6.65. The summed E-state index contributed by atoms with van der Waals surface area (Å²) in [5, 5.41) is 17.5. The van der Waals surface area contributed by atoms with E-state index in [1.54, 1.807) is 10.7 Å². The fraction of sp³-hybridized carbons (Fsp3) is 0.316. The number of aromatic nitrogens is 2. The highest BCUT2D eigenvalue weighted by molar-refractivity contribution is 7.20. The van der Waals surface area contributed by atoms with Gasteiger partial charge in [0.15, 0.2) is 0 Å². The van der Waals surface area contributed by atoms with E-state index in [0.717, 1.165) is 15.9 Å². The Hall–Kier alpha value is -2.74. The van der Waals surface area contributed by atoms with Gasteiger partial charge in [-0.25, -0.2) is 4.39 Å². The summed E-state index contributed by atoms with van der Waals surface area (Å²) in [5.41, 5.74) is 1.37. The van der Waals surface area contributed by atoms with E-state index in [0.29, 0.717) is 10.4 Å². The third kappa shape index (κ3) is 3.85. The zero-order chi connectivity index (χ0) is 19.7. The van der Waals surface area contributed by atoms with Crippen LogP contribution in [0.15, 0.2) is 30.3 Å². The summed E-state index contributed by atoms with van der Waals surface area (Å²) in [4.78, 5) is 25.5. The predicted octanol–water partition coefficient (Wildman–Crippen LogP) is 3.50. The molecule has 6 nitrogen and oxygen atoms in total. The van der Waals surface area contributed by atoms with Gasteiger partial charge in [0.05, 0.1) is 16.5 Å². The number of halogens is 1. The molecular formula is C19H20FN3O3S. The Balaban J connectivity index is 1.78. The topological polar surface area (TPSA) is 84.2 Å². The Bertz CT molecular complexity index is 992. The molecular weight excluding hydrogens is 369 g/mol. The molecule has 0 radical (unpaired) electrons. The van der Waals surface area contributed by atoms with Crippen molar-refractivity contribution < 1.29 is 19.1 Å². The molecule has 0 aliphatic heterocycles. The van der Waals surface area contributed by atoms with Crippen LogP contribution >= 0.6 is 11.3 Å². The van der Waals surface area contributed by atoms with E-state index < -0.39 is 17.7 Å². The largest absolute Gasteiger partial charge is 0.481 e. The van der Waals surface area contributed by atoms with E-state index in [2.05, 4.69) is 10.4 Å². The summed E-state index contributed by atoms with van der Waals surface area (Å²) in [7, 11) is 1.83. The van der Waals surface area contributed by atoms with Crippen LogP contribution in [0.3, 0.4) is 0 Å². The zero-order valence-electron chi connectivity index (χ0n) is 15.2. The minimum atomic E-state index is -1.08. The van der Waals surface area contributed by atoms with Crippen LogP contribution in [0.4, 0.5) is 4.39 Å². The summed E-state index contributed by atoms with van der Waals surface area (Å²) in [6.07, 6.45) is 0. The fourth-order valence-electron chi connectivity index (χ4n) is 2.93. The molecule has 2 heterocycles. The lowest BCUT2D eigenvalue weighted by Crippen LogP contribution is -2.31. The van der Waals surface area contributed by atoms with Gasteiger partial charge in [-0.05, 0) is 29.7 Å². The minimum absolute atomic E-state index is 0.0800. The SMILES string of the molecule is CC(C)c1nn(C)c2sc(C(=O)NCC(C(=O)O)c3ccc(F)cc3)cc12. The van der Waals surface area contributed by atoms with Gasteiger partial charge in [0.1, 0.15) is 10.6 Å². The molecule has 0 aliphatic carbocycles. The summed E-state index contributed by atoms with van der Waals surface area (Å²) in [6, 6.07) is 7.05. The van der Waals surface area contributed by atoms with Gasteiger partial charge < -0.3 is 10.4 Å². The molecule has 1 unspecified atom stereocenters. The molecule has 1 aromatic carbocycles. The number of carboxylic acids is 1. The van der Waals surface area contributed by atoms with Crippen LogP contribution in [0.2, 0.25) is 0 Å². The average molecular weight is 389 g/mol. The van der Waals surface area contributed by atoms with Crippen molar-refractivity contribution in [3.63, 3.8) is 0 Å². The molecule has 27 heavy (non-hydrogen) atoms. The fourth-order valence-corrected chi connectivity index (χ4v) is 3.93. The second-order valence-corrected chi connectivity index (χ2v) is 7.68. The lowest BCUT2D eigenvalue weighted by Gasteiger charge is -2.13. The molecule has 3 aromatic rings. The van der Waals surface area contributed by atoms with Gasteiger partial charge in [-0.15, -0.1) is 11.3 Å². The standard InChI is InChI=1S/C19H20FN3O3S/c1-10(2)16-13-8-15(27-18(13)23(3)22-16)17(24)21-9-14(19(25)26)11-4-6-12(20)7-5-11/h4-8,10,14H,9H2,1-3H3,(H,21,24)(H,25,26). The van der Waals surface area contributed by atoms with Crippen LogP contribution in [0, 0.1) is 5.82 Å². The molecule has 0 fully saturated rings. The van der Waals surface area contributed by atoms with Crippen molar-refractivity contribution in [2.24, 2.45) is 7.05 Å². The first kappa shape index (κ1) is 19.0. The van der Waals surface area contributed by atoms with E-state index >= 15 is 0 Å². The van der Waals surface area contributed by atoms with Gasteiger partial charge in [0, 0.05) is 19.0 Å². The van der Waals surface area contributed by atoms with Gasteiger partial charge in [-0.3, -0.25) is 14.3 Å². The highest BCUT2D eigenvalue weighted by Gasteiger charge is 2.23. The van der Waals surface area contributed by atoms with Gasteiger partial charge >= 0.3 is 5.97 Å². The molecule has 142 valence electrons. The van der Waals surface area contributed by atoms with Gasteiger partial charge in [-0.1, -0.05) is 26.0 Å². The Labute approximate surface area is 159 Å². The normalized spacial score (nSPS) is 12.5. The van der Waals surface area contributed by atoms with Crippen molar-refractivity contribution in [1.82, 2.24) is 15.1 Å². The number of hydrogen-bond acceptors (Lipinski definition) is 4. The van der Waals surface area contributed by atoms with Crippen LogP contribution in [0.5, 0.6) is 0 Å². The molecule has 2 N–H and O–H groups in total. The lowest BCUT2D eigenvalue weighted by molar-refractivity contribution is -0.138. The number of nitrogens with one attached hydrogen (secondary N) is 1. The molecule has 0 aliphatic rings. The number of amides is 1. The lowest BCUT2D eigenvalue weighted by atomic mass is 9.99. The van der Waals surface area contributed by atoms with Crippen LogP contribution in [-0.4, -0.2) is 33.3 Å². The maximum absolute atomic E-state index is 13.1. The number of fused-ring (bicyclic) bond motifs is 1. The highest BCUT2D eigenvalue weighted by atomic mass is 32.1. The van der Waals surface area contributed by atoms with Crippen LogP contribution < -0.4 is 5.32 Å². The van der Waals surface area contributed by atoms with E-state index in [1.807, 2.05) is 20.9 Å². The number of aliphatic carboxylic acids is 1. The Morgan fingerprint density at radius 1 is 1.30 bits per heavy atom. The van der Waals surface area contributed by atoms with Crippen LogP contribution in [-0.2, 0) is 11.8 Å². The van der Waals surface area contributed by atoms with Gasteiger partial charge in [0.2, 0.25) is 0 Å². The minimum Gasteiger partial charge on any atom is -0.481 e. The second kappa shape index (κ2) is 7.48. The molecule has 8 heteroatoms. The van der Waals surface area contributed by atoms with Crippen molar-refractivity contribution in [3.8, 4) is 0 Å². The number of rotatable bonds is 6. The monoisotopic (exact) mass is 389 g/mol. The van der Waals surface area contributed by atoms with Crippen molar-refractivity contribution in [3.05, 3.63) is 52.3 Å².